The number of oxazole rings is 1. The second-order valence-electron chi connectivity index (χ2n) is 4.75. The van der Waals surface area contributed by atoms with Crippen LogP contribution < -0.4 is 0 Å². The largest absolute Gasteiger partial charge is 0.445 e. The topological polar surface area (TPSA) is 26.0 Å². The van der Waals surface area contributed by atoms with Gasteiger partial charge in [-0.1, -0.05) is 19.8 Å². The van der Waals surface area contributed by atoms with Gasteiger partial charge in [0.1, 0.15) is 5.76 Å². The Bertz CT molecular complexity index is 328. The van der Waals surface area contributed by atoms with Crippen molar-refractivity contribution in [2.75, 3.05) is 5.88 Å². The van der Waals surface area contributed by atoms with Crippen LogP contribution in [0.5, 0.6) is 0 Å². The zero-order valence-electron chi connectivity index (χ0n) is 9.97. The molecule has 1 aromatic heterocycles. The van der Waals surface area contributed by atoms with Crippen LogP contribution in [0.3, 0.4) is 0 Å². The zero-order valence-corrected chi connectivity index (χ0v) is 10.7. The molecule has 16 heavy (non-hydrogen) atoms. The molecule has 90 valence electrons. The lowest BCUT2D eigenvalue weighted by molar-refractivity contribution is 0.316. The van der Waals surface area contributed by atoms with Crippen molar-refractivity contribution in [1.82, 2.24) is 4.98 Å². The van der Waals surface area contributed by atoms with Crippen molar-refractivity contribution in [2.24, 2.45) is 0 Å². The van der Waals surface area contributed by atoms with Crippen LogP contribution in [-0.4, -0.2) is 10.9 Å². The Balaban J connectivity index is 2.10. The Hall–Kier alpha value is -0.500. The molecule has 1 aliphatic carbocycles. The molecule has 0 atom stereocenters. The molecule has 1 heterocycles. The van der Waals surface area contributed by atoms with Gasteiger partial charge in [0.15, 0.2) is 5.89 Å². The van der Waals surface area contributed by atoms with Crippen molar-refractivity contribution < 1.29 is 4.42 Å². The summed E-state index contributed by atoms with van der Waals surface area (Å²) < 4.78 is 5.89. The summed E-state index contributed by atoms with van der Waals surface area (Å²) >= 11 is 5.67. The molecule has 0 amide bonds. The molecule has 1 fully saturated rings. The Morgan fingerprint density at radius 3 is 2.81 bits per heavy atom. The molecule has 0 bridgehead atoms. The van der Waals surface area contributed by atoms with E-state index in [1.165, 1.54) is 25.7 Å². The predicted molar refractivity (Wildman–Crippen MR) is 66.0 cm³/mol. The van der Waals surface area contributed by atoms with Gasteiger partial charge in [0.05, 0.1) is 6.20 Å². The average Bonchev–Trinajstić information content (AvgIpc) is 2.95. The third-order valence-electron chi connectivity index (χ3n) is 3.84. The zero-order chi connectivity index (χ0) is 11.4. The van der Waals surface area contributed by atoms with Crippen molar-refractivity contribution in [2.45, 2.75) is 57.3 Å². The normalized spacial score (nSPS) is 19.1. The van der Waals surface area contributed by atoms with Crippen LogP contribution in [0, 0.1) is 0 Å². The van der Waals surface area contributed by atoms with Gasteiger partial charge >= 0.3 is 0 Å². The van der Waals surface area contributed by atoms with Crippen molar-refractivity contribution >= 4 is 11.6 Å². The lowest BCUT2D eigenvalue weighted by Crippen LogP contribution is -2.19. The molecule has 0 radical (unpaired) electrons. The maximum absolute atomic E-state index is 5.89. The van der Waals surface area contributed by atoms with Gasteiger partial charge in [-0.2, -0.15) is 0 Å². The number of hydrogen-bond donors (Lipinski definition) is 0. The van der Waals surface area contributed by atoms with Crippen LogP contribution in [0.25, 0.3) is 0 Å². The van der Waals surface area contributed by atoms with Crippen molar-refractivity contribution in [3.05, 3.63) is 17.8 Å². The number of nitrogens with zero attached hydrogens (tertiary/aromatic N) is 1. The molecule has 0 aromatic carbocycles. The summed E-state index contributed by atoms with van der Waals surface area (Å²) in [5, 5.41) is 0. The van der Waals surface area contributed by atoms with Gasteiger partial charge in [-0.05, 0) is 25.7 Å². The standard InChI is InChI=1S/C13H20ClNO/c1-2-13(7-3-4-8-13)11-10-15-12(16-11)6-5-9-14/h10H,2-9H2,1H3. The summed E-state index contributed by atoms with van der Waals surface area (Å²) in [4.78, 5) is 4.37. The lowest BCUT2D eigenvalue weighted by Gasteiger charge is -2.23. The van der Waals surface area contributed by atoms with E-state index in [2.05, 4.69) is 11.9 Å². The minimum atomic E-state index is 0.284. The first-order valence-corrected chi connectivity index (χ1v) is 6.85. The summed E-state index contributed by atoms with van der Waals surface area (Å²) in [6, 6.07) is 0. The molecule has 2 rings (SSSR count). The minimum Gasteiger partial charge on any atom is -0.445 e. The van der Waals surface area contributed by atoms with Crippen molar-refractivity contribution in [1.29, 1.82) is 0 Å². The van der Waals surface area contributed by atoms with E-state index in [4.69, 9.17) is 16.0 Å². The van der Waals surface area contributed by atoms with Crippen molar-refractivity contribution in [3.8, 4) is 0 Å². The Morgan fingerprint density at radius 1 is 1.44 bits per heavy atom. The third-order valence-corrected chi connectivity index (χ3v) is 4.11. The SMILES string of the molecule is CCC1(c2cnc(CCCCl)o2)CCCC1. The maximum atomic E-state index is 5.89. The minimum absolute atomic E-state index is 0.284. The van der Waals surface area contributed by atoms with Crippen LogP contribution >= 0.6 is 11.6 Å². The third kappa shape index (κ3) is 2.27. The molecule has 0 unspecified atom stereocenters. The van der Waals surface area contributed by atoms with Crippen LogP contribution in [-0.2, 0) is 11.8 Å². The van der Waals surface area contributed by atoms with Crippen molar-refractivity contribution in [3.63, 3.8) is 0 Å². The maximum Gasteiger partial charge on any atom is 0.194 e. The number of aromatic nitrogens is 1. The molecule has 0 spiro atoms. The molecule has 1 aromatic rings. The summed E-state index contributed by atoms with van der Waals surface area (Å²) in [6.07, 6.45) is 10.1. The van der Waals surface area contributed by atoms with E-state index >= 15 is 0 Å². The molecular weight excluding hydrogens is 222 g/mol. The Morgan fingerprint density at radius 2 is 2.19 bits per heavy atom. The molecule has 0 N–H and O–H groups in total. The van der Waals surface area contributed by atoms with Gasteiger partial charge in [0.25, 0.3) is 0 Å². The Labute approximate surface area is 102 Å². The lowest BCUT2D eigenvalue weighted by atomic mass is 9.81. The highest BCUT2D eigenvalue weighted by Gasteiger charge is 2.37. The number of halogens is 1. The number of aryl methyl sites for hydroxylation is 1. The highest BCUT2D eigenvalue weighted by atomic mass is 35.5. The van der Waals surface area contributed by atoms with Gasteiger partial charge in [-0.15, -0.1) is 11.6 Å². The average molecular weight is 242 g/mol. The smallest absolute Gasteiger partial charge is 0.194 e. The monoisotopic (exact) mass is 241 g/mol. The molecule has 1 aliphatic rings. The first-order valence-electron chi connectivity index (χ1n) is 6.32. The molecule has 2 nitrogen and oxygen atoms in total. The highest BCUT2D eigenvalue weighted by Crippen LogP contribution is 2.43. The van der Waals surface area contributed by atoms with Crippen LogP contribution in [0.2, 0.25) is 0 Å². The first kappa shape index (κ1) is 12.0. The van der Waals surface area contributed by atoms with E-state index in [1.807, 2.05) is 6.20 Å². The quantitative estimate of drug-likeness (QED) is 0.727. The molecule has 0 aliphatic heterocycles. The van der Waals surface area contributed by atoms with Crippen LogP contribution in [0.4, 0.5) is 0 Å². The fourth-order valence-corrected chi connectivity index (χ4v) is 2.85. The highest BCUT2D eigenvalue weighted by molar-refractivity contribution is 6.17. The second-order valence-corrected chi connectivity index (χ2v) is 5.13. The van der Waals surface area contributed by atoms with E-state index in [-0.39, 0.29) is 5.41 Å². The van der Waals surface area contributed by atoms with Crippen LogP contribution in [0.1, 0.15) is 57.1 Å². The molecule has 3 heteroatoms. The van der Waals surface area contributed by atoms with E-state index in [1.54, 1.807) is 0 Å². The summed E-state index contributed by atoms with van der Waals surface area (Å²) in [5.41, 5.74) is 0.284. The number of rotatable bonds is 5. The van der Waals surface area contributed by atoms with Crippen LogP contribution in [0.15, 0.2) is 10.6 Å². The van der Waals surface area contributed by atoms with E-state index in [0.29, 0.717) is 5.88 Å². The van der Waals surface area contributed by atoms with E-state index < -0.39 is 0 Å². The Kier molecular flexibility index (Phi) is 3.91. The van der Waals surface area contributed by atoms with E-state index in [0.717, 1.165) is 30.9 Å². The summed E-state index contributed by atoms with van der Waals surface area (Å²) in [6.45, 7) is 2.26. The molecular formula is C13H20ClNO. The van der Waals surface area contributed by atoms with Gasteiger partial charge < -0.3 is 4.42 Å². The number of alkyl halides is 1. The molecule has 0 saturated heterocycles. The fraction of sp³-hybridized carbons (Fsp3) is 0.769. The second kappa shape index (κ2) is 5.22. The first-order chi connectivity index (χ1) is 7.80. The van der Waals surface area contributed by atoms with Gasteiger partial charge in [0.2, 0.25) is 0 Å². The van der Waals surface area contributed by atoms with Gasteiger partial charge in [-0.3, -0.25) is 0 Å². The van der Waals surface area contributed by atoms with Gasteiger partial charge in [0, 0.05) is 17.7 Å². The molecule has 1 saturated carbocycles. The predicted octanol–water partition coefficient (Wildman–Crippen LogP) is 4.07. The number of hydrogen-bond acceptors (Lipinski definition) is 2. The van der Waals surface area contributed by atoms with Gasteiger partial charge in [-0.25, -0.2) is 4.98 Å². The summed E-state index contributed by atoms with van der Waals surface area (Å²) in [5.74, 6) is 2.64. The summed E-state index contributed by atoms with van der Waals surface area (Å²) in [7, 11) is 0. The fourth-order valence-electron chi connectivity index (χ4n) is 2.72. The van der Waals surface area contributed by atoms with E-state index in [9.17, 15) is 0 Å².